The first kappa shape index (κ1) is 21.2. The van der Waals surface area contributed by atoms with Crippen LogP contribution < -0.4 is 5.32 Å². The summed E-state index contributed by atoms with van der Waals surface area (Å²) in [5.41, 5.74) is 3.49. The maximum Gasteiger partial charge on any atom is 0.254 e. The number of amides is 1. The van der Waals surface area contributed by atoms with Gasteiger partial charge in [-0.15, -0.1) is 0 Å². The maximum absolute atomic E-state index is 13.7. The minimum Gasteiger partial charge on any atom is -0.339 e. The zero-order valence-electron chi connectivity index (χ0n) is 17.9. The molecule has 7 heteroatoms. The highest BCUT2D eigenvalue weighted by atomic mass is 19.1. The van der Waals surface area contributed by atoms with Crippen LogP contribution in [0, 0.1) is 11.2 Å². The lowest BCUT2D eigenvalue weighted by Crippen LogP contribution is -2.73. The molecule has 31 heavy (non-hydrogen) atoms. The van der Waals surface area contributed by atoms with Crippen molar-refractivity contribution in [1.82, 2.24) is 14.3 Å². The van der Waals surface area contributed by atoms with Crippen molar-refractivity contribution in [3.63, 3.8) is 0 Å². The normalized spacial score (nSPS) is 15.4. The van der Waals surface area contributed by atoms with E-state index < -0.39 is 0 Å². The van der Waals surface area contributed by atoms with Crippen molar-refractivity contribution >= 4 is 23.0 Å². The number of rotatable bonds is 4. The Hall–Kier alpha value is -3.06. The van der Waals surface area contributed by atoms with E-state index in [1.807, 2.05) is 29.4 Å². The molecule has 1 aliphatic heterocycles. The number of nitrogens with zero attached hydrogens (tertiary/aromatic N) is 3. The minimum atomic E-state index is -0.383. The van der Waals surface area contributed by atoms with Gasteiger partial charge in [-0.3, -0.25) is 14.6 Å². The van der Waals surface area contributed by atoms with E-state index in [9.17, 15) is 9.18 Å². The first-order valence-electron chi connectivity index (χ1n) is 11.0. The Balaban J connectivity index is 1.62. The lowest BCUT2D eigenvalue weighted by molar-refractivity contribution is -0.539. The average molecular weight is 423 g/mol. The molecule has 162 valence electrons. The number of fused-ring (bicyclic) bond motifs is 1. The number of aromatic nitrogens is 2. The van der Waals surface area contributed by atoms with Crippen molar-refractivity contribution in [3.8, 4) is 0 Å². The van der Waals surface area contributed by atoms with Gasteiger partial charge in [0.1, 0.15) is 17.2 Å². The molecule has 6 nitrogen and oxygen atoms in total. The van der Waals surface area contributed by atoms with Gasteiger partial charge in [-0.05, 0) is 37.1 Å². The van der Waals surface area contributed by atoms with Crippen LogP contribution in [0.1, 0.15) is 60.1 Å². The monoisotopic (exact) mass is 422 g/mol. The van der Waals surface area contributed by atoms with E-state index in [2.05, 4.69) is 4.98 Å². The second-order valence-electron chi connectivity index (χ2n) is 8.10. The van der Waals surface area contributed by atoms with Gasteiger partial charge < -0.3 is 10.2 Å². The van der Waals surface area contributed by atoms with Gasteiger partial charge in [0, 0.05) is 30.9 Å². The molecule has 1 saturated heterocycles. The largest absolute Gasteiger partial charge is 0.339 e. The Morgan fingerprint density at radius 3 is 2.48 bits per heavy atom. The van der Waals surface area contributed by atoms with Crippen LogP contribution in [0.2, 0.25) is 0 Å². The Morgan fingerprint density at radius 2 is 1.77 bits per heavy atom. The molecular weight excluding hydrogens is 393 g/mol. The molecule has 1 amide bonds. The topological polar surface area (TPSA) is 78.1 Å². The zero-order chi connectivity index (χ0) is 21.8. The van der Waals surface area contributed by atoms with Crippen LogP contribution in [0.5, 0.6) is 0 Å². The summed E-state index contributed by atoms with van der Waals surface area (Å²) in [5.74, 6) is -0.327. The lowest BCUT2D eigenvalue weighted by Gasteiger charge is -2.22. The predicted octanol–water partition coefficient (Wildman–Crippen LogP) is 3.51. The van der Waals surface area contributed by atoms with Crippen LogP contribution in [0.25, 0.3) is 5.65 Å². The number of nitrogens with one attached hydrogen (secondary N) is 1. The quantitative estimate of drug-likeness (QED) is 0.499. The van der Waals surface area contributed by atoms with Crippen molar-refractivity contribution in [2.45, 2.75) is 38.5 Å². The Labute approximate surface area is 181 Å². The SMILES string of the molecule is C[NH2+]c1cc(C(=O)N2CCCCCCCC2)ccc1C(=N)c1cnc2ccc(F)cn12. The first-order chi connectivity index (χ1) is 15.1. The van der Waals surface area contributed by atoms with Gasteiger partial charge >= 0.3 is 0 Å². The third-order valence-electron chi connectivity index (χ3n) is 6.00. The van der Waals surface area contributed by atoms with Crippen molar-refractivity contribution < 1.29 is 14.5 Å². The summed E-state index contributed by atoms with van der Waals surface area (Å²) in [5, 5.41) is 10.6. The molecule has 4 rings (SSSR count). The molecule has 3 aromatic rings. The molecular formula is C24H29FN5O+. The summed E-state index contributed by atoms with van der Waals surface area (Å²) >= 11 is 0. The number of quaternary nitrogens is 1. The molecule has 0 aliphatic carbocycles. The van der Waals surface area contributed by atoms with Crippen LogP contribution in [-0.2, 0) is 0 Å². The summed E-state index contributed by atoms with van der Waals surface area (Å²) in [6.07, 6.45) is 9.87. The van der Waals surface area contributed by atoms with E-state index in [0.717, 1.165) is 31.6 Å². The lowest BCUT2D eigenvalue weighted by atomic mass is 10.0. The number of benzene rings is 1. The summed E-state index contributed by atoms with van der Waals surface area (Å²) in [6, 6.07) is 8.43. The molecule has 3 N–H and O–H groups in total. The Kier molecular flexibility index (Phi) is 6.42. The van der Waals surface area contributed by atoms with E-state index in [-0.39, 0.29) is 17.4 Å². The fraction of sp³-hybridized carbons (Fsp3) is 0.375. The highest BCUT2D eigenvalue weighted by Gasteiger charge is 2.21. The van der Waals surface area contributed by atoms with Gasteiger partial charge in [-0.1, -0.05) is 25.7 Å². The first-order valence-corrected chi connectivity index (χ1v) is 11.0. The third kappa shape index (κ3) is 4.51. The number of carbonyl (C=O) groups is 1. The van der Waals surface area contributed by atoms with Crippen molar-refractivity contribution in [2.24, 2.45) is 0 Å². The number of hydrogen-bond acceptors (Lipinski definition) is 3. The second kappa shape index (κ2) is 9.39. The Morgan fingerprint density at radius 1 is 1.06 bits per heavy atom. The van der Waals surface area contributed by atoms with E-state index in [1.165, 1.54) is 37.9 Å². The van der Waals surface area contributed by atoms with Gasteiger partial charge in [0.2, 0.25) is 0 Å². The number of carbonyl (C=O) groups excluding carboxylic acids is 1. The Bertz CT molecular complexity index is 1100. The highest BCUT2D eigenvalue weighted by molar-refractivity contribution is 6.13. The van der Waals surface area contributed by atoms with Crippen molar-refractivity contribution in [1.29, 1.82) is 5.41 Å². The van der Waals surface area contributed by atoms with E-state index >= 15 is 0 Å². The molecule has 0 spiro atoms. The molecule has 1 fully saturated rings. The van der Waals surface area contributed by atoms with Crippen LogP contribution >= 0.6 is 0 Å². The van der Waals surface area contributed by atoms with Crippen molar-refractivity contribution in [2.75, 3.05) is 20.1 Å². The standard InChI is InChI=1S/C24H28FN5O/c1-27-20-14-17(24(31)29-12-6-4-2-3-5-7-13-29)8-10-19(20)23(26)21-15-28-22-11-9-18(25)16-30(21)22/h8-11,14-16,26-27H,2-7,12-13H2,1H3/p+1. The number of pyridine rings is 1. The molecule has 2 aromatic heterocycles. The van der Waals surface area contributed by atoms with Gasteiger partial charge in [-0.2, -0.15) is 0 Å². The summed E-state index contributed by atoms with van der Waals surface area (Å²) in [6.45, 7) is 1.60. The van der Waals surface area contributed by atoms with E-state index in [0.29, 0.717) is 22.5 Å². The third-order valence-corrected chi connectivity index (χ3v) is 6.00. The average Bonchev–Trinajstić information content (AvgIpc) is 3.25. The fourth-order valence-electron chi connectivity index (χ4n) is 4.25. The smallest absolute Gasteiger partial charge is 0.254 e. The van der Waals surface area contributed by atoms with Crippen LogP contribution in [0.15, 0.2) is 42.7 Å². The number of hydrogen-bond donors (Lipinski definition) is 2. The van der Waals surface area contributed by atoms with E-state index in [4.69, 9.17) is 5.41 Å². The predicted molar refractivity (Wildman–Crippen MR) is 119 cm³/mol. The molecule has 0 bridgehead atoms. The fourth-order valence-corrected chi connectivity index (χ4v) is 4.25. The van der Waals surface area contributed by atoms with E-state index in [1.54, 1.807) is 22.7 Å². The number of imidazole rings is 1. The van der Waals surface area contributed by atoms with Crippen LogP contribution in [0.4, 0.5) is 10.1 Å². The van der Waals surface area contributed by atoms with Gasteiger partial charge in [-0.25, -0.2) is 9.37 Å². The zero-order valence-corrected chi connectivity index (χ0v) is 17.9. The minimum absolute atomic E-state index is 0.0555. The molecule has 0 saturated carbocycles. The summed E-state index contributed by atoms with van der Waals surface area (Å²) in [7, 11) is 1.90. The molecule has 1 aromatic carbocycles. The van der Waals surface area contributed by atoms with Gasteiger partial charge in [0.25, 0.3) is 5.91 Å². The molecule has 0 unspecified atom stereocenters. The summed E-state index contributed by atoms with van der Waals surface area (Å²) < 4.78 is 15.3. The van der Waals surface area contributed by atoms with Crippen LogP contribution in [-0.4, -0.2) is 46.0 Å². The van der Waals surface area contributed by atoms with Crippen LogP contribution in [0.3, 0.4) is 0 Å². The molecule has 1 aliphatic rings. The maximum atomic E-state index is 13.7. The summed E-state index contributed by atoms with van der Waals surface area (Å²) in [4.78, 5) is 19.4. The molecule has 0 atom stereocenters. The van der Waals surface area contributed by atoms with Gasteiger partial charge in [0.05, 0.1) is 30.2 Å². The molecule has 3 heterocycles. The molecule has 0 radical (unpaired) electrons. The van der Waals surface area contributed by atoms with Crippen molar-refractivity contribution in [3.05, 3.63) is 65.4 Å². The number of nitrogens with two attached hydrogens (primary N) is 1. The van der Waals surface area contributed by atoms with Gasteiger partial charge in [0.15, 0.2) is 0 Å². The number of halogens is 1. The highest BCUT2D eigenvalue weighted by Crippen LogP contribution is 2.21. The second-order valence-corrected chi connectivity index (χ2v) is 8.10.